The van der Waals surface area contributed by atoms with Gasteiger partial charge in [-0.25, -0.2) is 4.98 Å². The second-order valence-electron chi connectivity index (χ2n) is 7.14. The van der Waals surface area contributed by atoms with E-state index in [0.29, 0.717) is 24.2 Å². The van der Waals surface area contributed by atoms with E-state index in [1.165, 1.54) is 4.73 Å². The lowest BCUT2D eigenvalue weighted by Gasteiger charge is -2.34. The van der Waals surface area contributed by atoms with Crippen molar-refractivity contribution in [3.63, 3.8) is 0 Å². The Bertz CT molecular complexity index is 937. The molecule has 4 rings (SSSR count). The number of pyridine rings is 1. The number of rotatable bonds is 0. The Labute approximate surface area is 134 Å². The first kappa shape index (κ1) is 14.1. The Morgan fingerprint density at radius 1 is 1.17 bits per heavy atom. The van der Waals surface area contributed by atoms with Gasteiger partial charge in [0.1, 0.15) is 0 Å². The van der Waals surface area contributed by atoms with Gasteiger partial charge < -0.3 is 10.4 Å². The standard InChI is InChI=1S/C18H19N3O2/c1-10-17-15(11-6-4-5-7-12(11)19-17)16-13(20-22)8-18(2,3)9-14(16)21(10)23/h4-7,22-23H,8-9H2,1-3H3. The zero-order chi connectivity index (χ0) is 16.4. The third-order valence-electron chi connectivity index (χ3n) is 4.80. The van der Waals surface area contributed by atoms with Crippen LogP contribution in [0.25, 0.3) is 22.2 Å². The molecule has 3 aliphatic rings. The fourth-order valence-corrected chi connectivity index (χ4v) is 3.77. The number of hydrogen-bond acceptors (Lipinski definition) is 4. The summed E-state index contributed by atoms with van der Waals surface area (Å²) in [5, 5.41) is 24.8. The summed E-state index contributed by atoms with van der Waals surface area (Å²) in [5.41, 5.74) is 5.48. The van der Waals surface area contributed by atoms with Crippen molar-refractivity contribution >= 4 is 16.6 Å². The van der Waals surface area contributed by atoms with E-state index < -0.39 is 0 Å². The van der Waals surface area contributed by atoms with Crippen molar-refractivity contribution < 1.29 is 10.4 Å². The van der Waals surface area contributed by atoms with Gasteiger partial charge in [0.2, 0.25) is 0 Å². The minimum Gasteiger partial charge on any atom is -0.428 e. The summed E-state index contributed by atoms with van der Waals surface area (Å²) in [6.07, 6.45) is 1.38. The van der Waals surface area contributed by atoms with Crippen LogP contribution in [0.3, 0.4) is 0 Å². The maximum Gasteiger partial charge on any atom is 0.0950 e. The highest BCUT2D eigenvalue weighted by Gasteiger charge is 2.37. The van der Waals surface area contributed by atoms with Crippen LogP contribution in [-0.2, 0) is 6.42 Å². The highest BCUT2D eigenvalue weighted by Crippen LogP contribution is 2.44. The van der Waals surface area contributed by atoms with E-state index >= 15 is 0 Å². The summed E-state index contributed by atoms with van der Waals surface area (Å²) in [6.45, 7) is 6.09. The van der Waals surface area contributed by atoms with Gasteiger partial charge in [-0.05, 0) is 31.2 Å². The van der Waals surface area contributed by atoms with Crippen LogP contribution in [0.5, 0.6) is 0 Å². The predicted molar refractivity (Wildman–Crippen MR) is 88.7 cm³/mol. The molecule has 5 nitrogen and oxygen atoms in total. The van der Waals surface area contributed by atoms with E-state index in [4.69, 9.17) is 0 Å². The summed E-state index contributed by atoms with van der Waals surface area (Å²) in [5.74, 6) is 0. The Balaban J connectivity index is 2.21. The van der Waals surface area contributed by atoms with Gasteiger partial charge in [0.25, 0.3) is 0 Å². The number of hydrogen-bond donors (Lipinski definition) is 2. The van der Waals surface area contributed by atoms with Crippen LogP contribution in [0.1, 0.15) is 37.2 Å². The van der Waals surface area contributed by atoms with Crippen LogP contribution in [0.15, 0.2) is 29.4 Å². The molecule has 0 spiro atoms. The molecule has 0 bridgehead atoms. The minimum absolute atomic E-state index is 0.0744. The molecular formula is C18H19N3O2. The molecule has 2 aliphatic heterocycles. The Kier molecular flexibility index (Phi) is 2.73. The monoisotopic (exact) mass is 309 g/mol. The quantitative estimate of drug-likeness (QED) is 0.376. The van der Waals surface area contributed by atoms with E-state index in [-0.39, 0.29) is 5.41 Å². The average Bonchev–Trinajstić information content (AvgIpc) is 2.90. The molecule has 0 unspecified atom stereocenters. The van der Waals surface area contributed by atoms with Crippen LogP contribution in [0, 0.1) is 12.3 Å². The summed E-state index contributed by atoms with van der Waals surface area (Å²) < 4.78 is 1.22. The fourth-order valence-electron chi connectivity index (χ4n) is 3.77. The van der Waals surface area contributed by atoms with E-state index in [0.717, 1.165) is 33.4 Å². The molecule has 0 saturated heterocycles. The molecule has 118 valence electrons. The first-order valence-electron chi connectivity index (χ1n) is 7.76. The topological polar surface area (TPSA) is 70.6 Å². The molecule has 2 N–H and O–H groups in total. The van der Waals surface area contributed by atoms with Gasteiger partial charge in [-0.15, -0.1) is 0 Å². The molecule has 5 heteroatoms. The molecule has 23 heavy (non-hydrogen) atoms. The van der Waals surface area contributed by atoms with Gasteiger partial charge in [0.05, 0.1) is 28.3 Å². The lowest BCUT2D eigenvalue weighted by Crippen LogP contribution is -2.32. The maximum atomic E-state index is 10.7. The molecule has 1 aliphatic carbocycles. The van der Waals surface area contributed by atoms with Crippen LogP contribution >= 0.6 is 0 Å². The second-order valence-corrected chi connectivity index (χ2v) is 7.14. The number of oxime groups is 1. The molecule has 0 radical (unpaired) electrons. The highest BCUT2D eigenvalue weighted by molar-refractivity contribution is 6.14. The molecule has 0 atom stereocenters. The third-order valence-corrected chi connectivity index (χ3v) is 4.80. The molecule has 0 amide bonds. The van der Waals surface area contributed by atoms with Crippen molar-refractivity contribution in [2.24, 2.45) is 10.6 Å². The summed E-state index contributed by atoms with van der Waals surface area (Å²) in [4.78, 5) is 4.67. The molecule has 1 aromatic rings. The largest absolute Gasteiger partial charge is 0.428 e. The molecule has 2 heterocycles. The third kappa shape index (κ3) is 1.86. The number of aromatic nitrogens is 2. The molecule has 0 aromatic heterocycles. The summed E-state index contributed by atoms with van der Waals surface area (Å²) in [7, 11) is 0. The minimum atomic E-state index is -0.0744. The van der Waals surface area contributed by atoms with Crippen LogP contribution in [0.4, 0.5) is 0 Å². The lowest BCUT2D eigenvalue weighted by molar-refractivity contribution is 0.158. The molecular weight excluding hydrogens is 290 g/mol. The van der Waals surface area contributed by atoms with Crippen molar-refractivity contribution in [3.8, 4) is 11.3 Å². The summed E-state index contributed by atoms with van der Waals surface area (Å²) >= 11 is 0. The number of fused-ring (bicyclic) bond motifs is 5. The molecule has 1 aromatic carbocycles. The normalized spacial score (nSPS) is 18.7. The summed E-state index contributed by atoms with van der Waals surface area (Å²) in [6, 6.07) is 7.92. The Morgan fingerprint density at radius 2 is 1.91 bits per heavy atom. The van der Waals surface area contributed by atoms with E-state index in [1.807, 2.05) is 31.2 Å². The Morgan fingerprint density at radius 3 is 2.65 bits per heavy atom. The highest BCUT2D eigenvalue weighted by atomic mass is 16.5. The maximum absolute atomic E-state index is 10.7. The first-order valence-corrected chi connectivity index (χ1v) is 7.76. The predicted octanol–water partition coefficient (Wildman–Crippen LogP) is 3.84. The zero-order valence-corrected chi connectivity index (χ0v) is 13.5. The number of benzene rings is 1. The molecule has 0 fully saturated rings. The lowest BCUT2D eigenvalue weighted by atomic mass is 9.73. The number of nitrogens with zero attached hydrogens (tertiary/aromatic N) is 3. The first-order chi connectivity index (χ1) is 10.9. The zero-order valence-electron chi connectivity index (χ0n) is 13.5. The van der Waals surface area contributed by atoms with Gasteiger partial charge in [0.15, 0.2) is 0 Å². The van der Waals surface area contributed by atoms with Crippen LogP contribution in [0.2, 0.25) is 0 Å². The van der Waals surface area contributed by atoms with Crippen molar-refractivity contribution in [2.75, 3.05) is 0 Å². The van der Waals surface area contributed by atoms with Gasteiger partial charge in [0, 0.05) is 16.5 Å². The molecule has 0 saturated carbocycles. The van der Waals surface area contributed by atoms with Crippen molar-refractivity contribution in [3.05, 3.63) is 41.2 Å². The average molecular weight is 309 g/mol. The van der Waals surface area contributed by atoms with Crippen molar-refractivity contribution in [1.29, 1.82) is 0 Å². The van der Waals surface area contributed by atoms with Gasteiger partial charge in [-0.3, -0.25) is 0 Å². The van der Waals surface area contributed by atoms with Gasteiger partial charge >= 0.3 is 0 Å². The van der Waals surface area contributed by atoms with Gasteiger partial charge in [-0.1, -0.05) is 37.2 Å². The van der Waals surface area contributed by atoms with Crippen molar-refractivity contribution in [1.82, 2.24) is 9.71 Å². The second kappa shape index (κ2) is 4.47. The van der Waals surface area contributed by atoms with Crippen LogP contribution < -0.4 is 0 Å². The van der Waals surface area contributed by atoms with Crippen LogP contribution in [-0.4, -0.2) is 25.8 Å². The smallest absolute Gasteiger partial charge is 0.0950 e. The van der Waals surface area contributed by atoms with Crippen molar-refractivity contribution in [2.45, 2.75) is 33.6 Å². The van der Waals surface area contributed by atoms with E-state index in [9.17, 15) is 10.4 Å². The van der Waals surface area contributed by atoms with Gasteiger partial charge in [-0.2, -0.15) is 4.73 Å². The Hall–Kier alpha value is -2.56. The SMILES string of the molecule is Cc1c2nc3ccccc3c-2c2c(n1O)CC(C)(C)CC2=NO. The van der Waals surface area contributed by atoms with E-state index in [2.05, 4.69) is 24.0 Å². The fraction of sp³-hybridized carbons (Fsp3) is 0.333. The number of para-hydroxylation sites is 1. The van der Waals surface area contributed by atoms with E-state index in [1.54, 1.807) is 0 Å².